The van der Waals surface area contributed by atoms with E-state index in [4.69, 9.17) is 10.00 Å². The minimum Gasteiger partial charge on any atom is -0.444 e. The topological polar surface area (TPSA) is 79.2 Å². The van der Waals surface area contributed by atoms with E-state index in [9.17, 15) is 9.59 Å². The Hall–Kier alpha value is -2.61. The molecule has 0 aliphatic heterocycles. The van der Waals surface area contributed by atoms with Crippen LogP contribution < -0.4 is 5.32 Å². The number of ketones is 1. The summed E-state index contributed by atoms with van der Waals surface area (Å²) in [6.07, 6.45) is 2.43. The largest absolute Gasteiger partial charge is 0.444 e. The van der Waals surface area contributed by atoms with Gasteiger partial charge in [-0.1, -0.05) is 32.1 Å². The molecule has 24 heavy (non-hydrogen) atoms. The number of alkyl carbamates (subject to hydrolysis) is 1. The first-order valence-electron chi connectivity index (χ1n) is 7.84. The number of hydrogen-bond donors (Lipinski definition) is 1. The average Bonchev–Trinajstić information content (AvgIpc) is 2.48. The first kappa shape index (κ1) is 19.4. The van der Waals surface area contributed by atoms with Crippen molar-refractivity contribution in [2.45, 2.75) is 46.3 Å². The van der Waals surface area contributed by atoms with Gasteiger partial charge in [-0.2, -0.15) is 5.26 Å². The van der Waals surface area contributed by atoms with Crippen LogP contribution in [-0.2, 0) is 9.53 Å². The van der Waals surface area contributed by atoms with E-state index >= 15 is 0 Å². The maximum Gasteiger partial charge on any atom is 0.408 e. The fourth-order valence-electron chi connectivity index (χ4n) is 1.99. The van der Waals surface area contributed by atoms with Crippen LogP contribution in [0.2, 0.25) is 0 Å². The second kappa shape index (κ2) is 8.30. The molecule has 0 heterocycles. The molecular formula is C19H24N2O3. The maximum atomic E-state index is 12.4. The molecule has 0 aliphatic carbocycles. The van der Waals surface area contributed by atoms with Gasteiger partial charge in [0.25, 0.3) is 0 Å². The number of hydrogen-bond acceptors (Lipinski definition) is 4. The van der Waals surface area contributed by atoms with Crippen LogP contribution in [0.25, 0.3) is 6.08 Å². The summed E-state index contributed by atoms with van der Waals surface area (Å²) in [5.41, 5.74) is 0.654. The third-order valence-corrected chi connectivity index (χ3v) is 3.10. The molecule has 5 heteroatoms. The lowest BCUT2D eigenvalue weighted by Crippen LogP contribution is -2.45. The molecule has 0 unspecified atom stereocenters. The summed E-state index contributed by atoms with van der Waals surface area (Å²) in [4.78, 5) is 24.3. The smallest absolute Gasteiger partial charge is 0.408 e. The summed E-state index contributed by atoms with van der Waals surface area (Å²) in [6, 6.07) is 8.32. The summed E-state index contributed by atoms with van der Waals surface area (Å²) in [5, 5.41) is 11.5. The zero-order valence-electron chi connectivity index (χ0n) is 14.8. The second-order valence-electron chi connectivity index (χ2n) is 6.84. The van der Waals surface area contributed by atoms with Gasteiger partial charge in [-0.15, -0.1) is 0 Å². The molecule has 1 aromatic carbocycles. The van der Waals surface area contributed by atoms with Crippen molar-refractivity contribution >= 4 is 18.0 Å². The number of nitrogens with zero attached hydrogens (tertiary/aromatic N) is 1. The third kappa shape index (κ3) is 6.66. The Balaban J connectivity index is 2.81. The first-order chi connectivity index (χ1) is 11.1. The van der Waals surface area contributed by atoms with Gasteiger partial charge in [0.05, 0.1) is 17.7 Å². The normalized spacial score (nSPS) is 12.7. The van der Waals surface area contributed by atoms with Gasteiger partial charge in [0.1, 0.15) is 5.60 Å². The van der Waals surface area contributed by atoms with E-state index in [0.29, 0.717) is 5.56 Å². The molecule has 0 radical (unpaired) electrons. The van der Waals surface area contributed by atoms with Crippen molar-refractivity contribution in [3.63, 3.8) is 0 Å². The Morgan fingerprint density at radius 2 is 1.96 bits per heavy atom. The minimum absolute atomic E-state index is 0.0832. The number of rotatable bonds is 5. The van der Waals surface area contributed by atoms with Crippen molar-refractivity contribution in [3.8, 4) is 6.07 Å². The van der Waals surface area contributed by atoms with Gasteiger partial charge < -0.3 is 10.1 Å². The zero-order valence-corrected chi connectivity index (χ0v) is 14.8. The van der Waals surface area contributed by atoms with Crippen molar-refractivity contribution < 1.29 is 14.3 Å². The lowest BCUT2D eigenvalue weighted by Gasteiger charge is -2.24. The predicted octanol–water partition coefficient (Wildman–Crippen LogP) is 3.69. The molecule has 0 aromatic heterocycles. The summed E-state index contributed by atoms with van der Waals surface area (Å²) in [5.74, 6) is -0.307. The highest BCUT2D eigenvalue weighted by Crippen LogP contribution is 2.11. The van der Waals surface area contributed by atoms with Gasteiger partial charge in [0, 0.05) is 0 Å². The SMILES string of the molecule is CC(C)[C@@H](NC(=O)OC(C)(C)C)C(=O)/C=C\c1cccc(C#N)c1. The Bertz CT molecular complexity index is 664. The Labute approximate surface area is 143 Å². The minimum atomic E-state index is -0.671. The summed E-state index contributed by atoms with van der Waals surface area (Å²) in [6.45, 7) is 9.00. The second-order valence-corrected chi connectivity index (χ2v) is 6.84. The fraction of sp³-hybridized carbons (Fsp3) is 0.421. The van der Waals surface area contributed by atoms with Crippen molar-refractivity contribution in [3.05, 3.63) is 41.5 Å². The molecule has 0 aliphatic rings. The van der Waals surface area contributed by atoms with Crippen molar-refractivity contribution in [2.24, 2.45) is 5.92 Å². The number of benzene rings is 1. The fourth-order valence-corrected chi connectivity index (χ4v) is 1.99. The molecule has 1 aromatic rings. The van der Waals surface area contributed by atoms with Crippen LogP contribution >= 0.6 is 0 Å². The van der Waals surface area contributed by atoms with E-state index in [1.54, 1.807) is 51.1 Å². The number of nitriles is 1. The van der Waals surface area contributed by atoms with Crippen LogP contribution in [0, 0.1) is 17.2 Å². The Morgan fingerprint density at radius 1 is 1.29 bits per heavy atom. The van der Waals surface area contributed by atoms with Gasteiger partial charge in [-0.25, -0.2) is 4.79 Å². The highest BCUT2D eigenvalue weighted by Gasteiger charge is 2.25. The molecule has 1 N–H and O–H groups in total. The van der Waals surface area contributed by atoms with Crippen LogP contribution in [0.3, 0.4) is 0 Å². The van der Waals surface area contributed by atoms with Crippen LogP contribution in [0.15, 0.2) is 30.3 Å². The van der Waals surface area contributed by atoms with Crippen LogP contribution in [0.5, 0.6) is 0 Å². The van der Waals surface area contributed by atoms with E-state index in [2.05, 4.69) is 11.4 Å². The molecule has 0 fully saturated rings. The first-order valence-corrected chi connectivity index (χ1v) is 7.84. The molecule has 0 saturated carbocycles. The molecule has 128 valence electrons. The molecule has 1 rings (SSSR count). The molecular weight excluding hydrogens is 304 g/mol. The van der Waals surface area contributed by atoms with Gasteiger partial charge in [-0.3, -0.25) is 4.79 Å². The van der Waals surface area contributed by atoms with E-state index < -0.39 is 17.7 Å². The van der Waals surface area contributed by atoms with Crippen molar-refractivity contribution in [1.29, 1.82) is 5.26 Å². The Kier molecular flexibility index (Phi) is 6.72. The molecule has 0 saturated heterocycles. The van der Waals surface area contributed by atoms with E-state index in [1.807, 2.05) is 13.8 Å². The quantitative estimate of drug-likeness (QED) is 0.836. The van der Waals surface area contributed by atoms with Crippen LogP contribution in [0.4, 0.5) is 4.79 Å². The molecule has 0 spiro atoms. The van der Waals surface area contributed by atoms with Gasteiger partial charge in [0.2, 0.25) is 0 Å². The van der Waals surface area contributed by atoms with E-state index in [1.165, 1.54) is 6.08 Å². The number of carbonyl (C=O) groups excluding carboxylic acids is 2. The predicted molar refractivity (Wildman–Crippen MR) is 93.2 cm³/mol. The Morgan fingerprint density at radius 3 is 2.50 bits per heavy atom. The third-order valence-electron chi connectivity index (χ3n) is 3.10. The van der Waals surface area contributed by atoms with E-state index in [0.717, 1.165) is 5.56 Å². The van der Waals surface area contributed by atoms with Crippen molar-refractivity contribution in [2.75, 3.05) is 0 Å². The highest BCUT2D eigenvalue weighted by molar-refractivity contribution is 5.99. The maximum absolute atomic E-state index is 12.4. The summed E-state index contributed by atoms with van der Waals surface area (Å²) < 4.78 is 5.20. The van der Waals surface area contributed by atoms with Crippen LogP contribution in [-0.4, -0.2) is 23.5 Å². The average molecular weight is 328 g/mol. The van der Waals surface area contributed by atoms with Gasteiger partial charge >= 0.3 is 6.09 Å². The zero-order chi connectivity index (χ0) is 18.3. The summed E-state index contributed by atoms with van der Waals surface area (Å²) in [7, 11) is 0. The highest BCUT2D eigenvalue weighted by atomic mass is 16.6. The number of nitrogens with one attached hydrogen (secondary N) is 1. The number of amides is 1. The molecule has 0 bridgehead atoms. The standard InChI is InChI=1S/C19H24N2O3/c1-13(2)17(21-18(23)24-19(3,4)5)16(22)10-9-14-7-6-8-15(11-14)12-20/h6-11,13,17H,1-5H3,(H,21,23)/b10-9-/t17-/m1/s1. The van der Waals surface area contributed by atoms with E-state index in [-0.39, 0.29) is 11.7 Å². The lowest BCUT2D eigenvalue weighted by atomic mass is 9.99. The molecule has 1 atom stereocenters. The monoisotopic (exact) mass is 328 g/mol. The number of ether oxygens (including phenoxy) is 1. The van der Waals surface area contributed by atoms with Crippen LogP contribution in [0.1, 0.15) is 45.7 Å². The number of carbonyl (C=O) groups is 2. The van der Waals surface area contributed by atoms with Crippen molar-refractivity contribution in [1.82, 2.24) is 5.32 Å². The molecule has 5 nitrogen and oxygen atoms in total. The molecule has 1 amide bonds. The lowest BCUT2D eigenvalue weighted by molar-refractivity contribution is -0.117. The van der Waals surface area contributed by atoms with Gasteiger partial charge in [0.15, 0.2) is 5.78 Å². The van der Waals surface area contributed by atoms with Gasteiger partial charge in [-0.05, 0) is 50.5 Å². The summed E-state index contributed by atoms with van der Waals surface area (Å²) >= 11 is 0.